The van der Waals surface area contributed by atoms with E-state index in [9.17, 15) is 4.79 Å². The fourth-order valence-corrected chi connectivity index (χ4v) is 3.61. The molecule has 0 radical (unpaired) electrons. The van der Waals surface area contributed by atoms with Crippen molar-refractivity contribution in [1.82, 2.24) is 15.0 Å². The van der Waals surface area contributed by atoms with Crippen molar-refractivity contribution in [2.45, 2.75) is 45.6 Å². The third-order valence-electron chi connectivity index (χ3n) is 5.35. The van der Waals surface area contributed by atoms with E-state index < -0.39 is 6.09 Å². The maximum atomic E-state index is 12.2. The molecule has 0 N–H and O–H groups in total. The van der Waals surface area contributed by atoms with Crippen molar-refractivity contribution >= 4 is 12.0 Å². The van der Waals surface area contributed by atoms with E-state index in [0.29, 0.717) is 30.6 Å². The lowest BCUT2D eigenvalue weighted by Crippen LogP contribution is -2.35. The summed E-state index contributed by atoms with van der Waals surface area (Å²) in [7, 11) is 0. The van der Waals surface area contributed by atoms with Crippen LogP contribution in [0.1, 0.15) is 43.4 Å². The minimum atomic E-state index is -0.398. The highest BCUT2D eigenvalue weighted by molar-refractivity contribution is 5.88. The topological polar surface area (TPSA) is 77.4 Å². The Balaban J connectivity index is 1.47. The third kappa shape index (κ3) is 4.82. The van der Waals surface area contributed by atoms with Gasteiger partial charge in [0.05, 0.1) is 6.04 Å². The van der Waals surface area contributed by atoms with E-state index in [4.69, 9.17) is 9.47 Å². The van der Waals surface area contributed by atoms with Crippen LogP contribution in [0.15, 0.2) is 54.6 Å². The molecule has 1 saturated heterocycles. The minimum Gasteiger partial charge on any atom is -0.457 e. The van der Waals surface area contributed by atoms with Crippen LogP contribution in [0, 0.1) is 6.92 Å². The highest BCUT2D eigenvalue weighted by Crippen LogP contribution is 2.26. The molecule has 0 unspecified atom stereocenters. The molecule has 160 valence electrons. The normalized spacial score (nSPS) is 16.8. The fraction of sp³-hybridized carbons (Fsp3) is 0.333. The molecule has 7 heteroatoms. The van der Waals surface area contributed by atoms with E-state index in [-0.39, 0.29) is 12.0 Å². The Morgan fingerprint density at radius 1 is 1.06 bits per heavy atom. The van der Waals surface area contributed by atoms with Gasteiger partial charge in [-0.3, -0.25) is 0 Å². The molecule has 31 heavy (non-hydrogen) atoms. The summed E-state index contributed by atoms with van der Waals surface area (Å²) in [5.74, 6) is 3.41. The van der Waals surface area contributed by atoms with Gasteiger partial charge in [0, 0.05) is 6.42 Å². The van der Waals surface area contributed by atoms with Crippen LogP contribution in [-0.4, -0.2) is 33.7 Å². The van der Waals surface area contributed by atoms with Crippen LogP contribution in [0.2, 0.25) is 0 Å². The number of hydrogen-bond donors (Lipinski definition) is 0. The van der Waals surface area contributed by atoms with Crippen molar-refractivity contribution in [3.05, 3.63) is 71.8 Å². The van der Waals surface area contributed by atoms with Crippen molar-refractivity contribution in [2.75, 3.05) is 11.5 Å². The Labute approximate surface area is 182 Å². The molecule has 7 nitrogen and oxygen atoms in total. The van der Waals surface area contributed by atoms with E-state index >= 15 is 0 Å². The number of rotatable bonds is 7. The molecular formula is C24H26N4O3. The number of para-hydroxylation sites is 1. The second-order valence-electron chi connectivity index (χ2n) is 7.70. The Morgan fingerprint density at radius 3 is 2.48 bits per heavy atom. The Hall–Kier alpha value is -3.48. The summed E-state index contributed by atoms with van der Waals surface area (Å²) in [4.78, 5) is 27.2. The first-order valence-electron chi connectivity index (χ1n) is 10.5. The number of nitrogens with zero attached hydrogens (tertiary/aromatic N) is 4. The SMILES string of the molecule is CC[C@H]1COC(=O)N1c1nc(C)nc(C[C@@H](C)c2ccc(Oc3ccccc3)cc2)n1. The lowest BCUT2D eigenvalue weighted by Gasteiger charge is -2.19. The zero-order valence-electron chi connectivity index (χ0n) is 18.0. The number of aryl methyl sites for hydroxylation is 1. The van der Waals surface area contributed by atoms with Crippen molar-refractivity contribution < 1.29 is 14.3 Å². The number of cyclic esters (lactones) is 1. The quantitative estimate of drug-likeness (QED) is 0.534. The van der Waals surface area contributed by atoms with Crippen LogP contribution < -0.4 is 9.64 Å². The van der Waals surface area contributed by atoms with E-state index in [1.807, 2.05) is 56.3 Å². The maximum absolute atomic E-state index is 12.2. The fourth-order valence-electron chi connectivity index (χ4n) is 3.61. The molecule has 0 bridgehead atoms. The number of benzene rings is 2. The first kappa shape index (κ1) is 20.8. The Bertz CT molecular complexity index is 1040. The molecule has 0 spiro atoms. The smallest absolute Gasteiger partial charge is 0.417 e. The zero-order chi connectivity index (χ0) is 21.8. The van der Waals surface area contributed by atoms with E-state index in [0.717, 1.165) is 23.5 Å². The average molecular weight is 418 g/mol. The number of carbonyl (C=O) groups is 1. The summed E-state index contributed by atoms with van der Waals surface area (Å²) in [5.41, 5.74) is 1.16. The number of amides is 1. The minimum absolute atomic E-state index is 0.0447. The molecule has 4 rings (SSSR count). The van der Waals surface area contributed by atoms with Crippen molar-refractivity contribution in [3.8, 4) is 11.5 Å². The zero-order valence-corrected chi connectivity index (χ0v) is 18.0. The van der Waals surface area contributed by atoms with Gasteiger partial charge in [-0.05, 0) is 49.1 Å². The lowest BCUT2D eigenvalue weighted by atomic mass is 9.97. The molecule has 1 aromatic heterocycles. The number of ether oxygens (including phenoxy) is 2. The second-order valence-corrected chi connectivity index (χ2v) is 7.70. The van der Waals surface area contributed by atoms with Crippen molar-refractivity contribution in [2.24, 2.45) is 0 Å². The molecule has 2 atom stereocenters. The van der Waals surface area contributed by atoms with Gasteiger partial charge in [0.15, 0.2) is 0 Å². The molecule has 0 saturated carbocycles. The monoisotopic (exact) mass is 418 g/mol. The maximum Gasteiger partial charge on any atom is 0.417 e. The predicted octanol–water partition coefficient (Wildman–Crippen LogP) is 5.05. The van der Waals surface area contributed by atoms with Gasteiger partial charge in [-0.1, -0.05) is 44.2 Å². The molecule has 1 aliphatic rings. The van der Waals surface area contributed by atoms with Crippen molar-refractivity contribution in [3.63, 3.8) is 0 Å². The summed E-state index contributed by atoms with van der Waals surface area (Å²) < 4.78 is 11.1. The molecule has 1 fully saturated rings. The molecule has 2 aromatic carbocycles. The molecule has 2 heterocycles. The summed E-state index contributed by atoms with van der Waals surface area (Å²) in [6.07, 6.45) is 1.01. The molecule has 1 amide bonds. The largest absolute Gasteiger partial charge is 0.457 e. The molecule has 0 aliphatic carbocycles. The van der Waals surface area contributed by atoms with Crippen LogP contribution in [0.4, 0.5) is 10.7 Å². The van der Waals surface area contributed by atoms with E-state index in [1.54, 1.807) is 4.90 Å². The van der Waals surface area contributed by atoms with Gasteiger partial charge in [-0.15, -0.1) is 0 Å². The predicted molar refractivity (Wildman–Crippen MR) is 118 cm³/mol. The number of carbonyl (C=O) groups excluding carboxylic acids is 1. The molecular weight excluding hydrogens is 392 g/mol. The molecule has 1 aliphatic heterocycles. The van der Waals surface area contributed by atoms with Crippen LogP contribution in [0.5, 0.6) is 11.5 Å². The van der Waals surface area contributed by atoms with Gasteiger partial charge in [-0.2, -0.15) is 9.97 Å². The number of anilines is 1. The van der Waals surface area contributed by atoms with E-state index in [1.165, 1.54) is 0 Å². The van der Waals surface area contributed by atoms with Gasteiger partial charge in [0.25, 0.3) is 0 Å². The third-order valence-corrected chi connectivity index (χ3v) is 5.35. The average Bonchev–Trinajstić information content (AvgIpc) is 3.15. The van der Waals surface area contributed by atoms with Gasteiger partial charge >= 0.3 is 6.09 Å². The Kier molecular flexibility index (Phi) is 6.11. The van der Waals surface area contributed by atoms with Gasteiger partial charge in [0.1, 0.15) is 29.8 Å². The summed E-state index contributed by atoms with van der Waals surface area (Å²) in [6, 6.07) is 17.7. The molecule has 3 aromatic rings. The highest BCUT2D eigenvalue weighted by Gasteiger charge is 2.35. The summed E-state index contributed by atoms with van der Waals surface area (Å²) in [6.45, 7) is 6.33. The van der Waals surface area contributed by atoms with Crippen LogP contribution >= 0.6 is 0 Å². The summed E-state index contributed by atoms with van der Waals surface area (Å²) >= 11 is 0. The first-order chi connectivity index (χ1) is 15.0. The number of hydrogen-bond acceptors (Lipinski definition) is 6. The van der Waals surface area contributed by atoms with Gasteiger partial charge < -0.3 is 9.47 Å². The van der Waals surface area contributed by atoms with Crippen molar-refractivity contribution in [1.29, 1.82) is 0 Å². The lowest BCUT2D eigenvalue weighted by molar-refractivity contribution is 0.178. The van der Waals surface area contributed by atoms with Gasteiger partial charge in [-0.25, -0.2) is 14.7 Å². The van der Waals surface area contributed by atoms with E-state index in [2.05, 4.69) is 34.0 Å². The summed E-state index contributed by atoms with van der Waals surface area (Å²) in [5, 5.41) is 0. The highest BCUT2D eigenvalue weighted by atomic mass is 16.6. The van der Waals surface area contributed by atoms with Crippen LogP contribution in [-0.2, 0) is 11.2 Å². The van der Waals surface area contributed by atoms with Gasteiger partial charge in [0.2, 0.25) is 5.95 Å². The van der Waals surface area contributed by atoms with Crippen LogP contribution in [0.25, 0.3) is 0 Å². The second kappa shape index (κ2) is 9.12. The Morgan fingerprint density at radius 2 is 1.77 bits per heavy atom. The standard InChI is InChI=1S/C24H26N4O3/c1-4-19-15-30-24(29)28(19)23-26-17(3)25-22(27-23)14-16(2)18-10-12-21(13-11-18)31-20-8-6-5-7-9-20/h5-13,16,19H,4,14-15H2,1-3H3/t16-,19+/m1/s1. The first-order valence-corrected chi connectivity index (χ1v) is 10.5. The number of aromatic nitrogens is 3. The van der Waals surface area contributed by atoms with Crippen LogP contribution in [0.3, 0.4) is 0 Å².